The van der Waals surface area contributed by atoms with Crippen LogP contribution in [0.5, 0.6) is 0 Å². The highest BCUT2D eigenvalue weighted by atomic mass is 16.1. The smallest absolute Gasteiger partial charge is 0.220 e. The largest absolute Gasteiger partial charge is 0.355 e. The first-order valence-corrected chi connectivity index (χ1v) is 8.24. The van der Waals surface area contributed by atoms with E-state index in [1.54, 1.807) is 0 Å². The molecule has 1 saturated carbocycles. The lowest BCUT2D eigenvalue weighted by molar-refractivity contribution is -0.121. The number of rotatable bonds is 7. The Kier molecular flexibility index (Phi) is 4.24. The van der Waals surface area contributed by atoms with Gasteiger partial charge in [-0.15, -0.1) is 0 Å². The van der Waals surface area contributed by atoms with Crippen LogP contribution in [0.4, 0.5) is 0 Å². The van der Waals surface area contributed by atoms with Crippen molar-refractivity contribution < 1.29 is 4.79 Å². The molecule has 0 unspecified atom stereocenters. The van der Waals surface area contributed by atoms with Gasteiger partial charge in [-0.25, -0.2) is 4.98 Å². The fraction of sp³-hybridized carbons (Fsp3) is 0.588. The van der Waals surface area contributed by atoms with Gasteiger partial charge in [-0.05, 0) is 45.6 Å². The maximum absolute atomic E-state index is 12.1. The number of carbonyl (C=O) groups excluding carboxylic acids is 1. The normalized spacial score (nSPS) is 15.6. The van der Waals surface area contributed by atoms with E-state index in [-0.39, 0.29) is 11.3 Å². The Bertz CT molecular complexity index is 676. The Morgan fingerprint density at radius 1 is 1.39 bits per heavy atom. The van der Waals surface area contributed by atoms with Gasteiger partial charge >= 0.3 is 0 Å². The van der Waals surface area contributed by atoms with Gasteiger partial charge in [0.25, 0.3) is 0 Å². The second kappa shape index (κ2) is 6.18. The molecule has 2 aromatic rings. The number of hydrogen-bond acceptors (Lipinski definition) is 3. The molecule has 2 aromatic heterocycles. The van der Waals surface area contributed by atoms with Crippen molar-refractivity contribution in [2.45, 2.75) is 53.0 Å². The van der Waals surface area contributed by atoms with Crippen LogP contribution >= 0.6 is 0 Å². The molecule has 1 aliphatic rings. The summed E-state index contributed by atoms with van der Waals surface area (Å²) in [7, 11) is 0. The van der Waals surface area contributed by atoms with Crippen LogP contribution in [0.15, 0.2) is 12.4 Å². The molecule has 2 N–H and O–H groups in total. The van der Waals surface area contributed by atoms with Crippen molar-refractivity contribution in [3.8, 4) is 0 Å². The van der Waals surface area contributed by atoms with E-state index in [0.717, 1.165) is 42.3 Å². The summed E-state index contributed by atoms with van der Waals surface area (Å²) in [6.07, 6.45) is 7.45. The van der Waals surface area contributed by atoms with Crippen LogP contribution < -0.4 is 5.32 Å². The van der Waals surface area contributed by atoms with E-state index in [4.69, 9.17) is 0 Å². The van der Waals surface area contributed by atoms with Crippen molar-refractivity contribution in [2.75, 3.05) is 6.54 Å². The summed E-state index contributed by atoms with van der Waals surface area (Å²) in [4.78, 5) is 16.4. The van der Waals surface area contributed by atoms with Gasteiger partial charge in [0.05, 0.1) is 5.69 Å². The molecule has 124 valence electrons. The summed E-state index contributed by atoms with van der Waals surface area (Å²) in [5.41, 5.74) is 3.44. The highest BCUT2D eigenvalue weighted by molar-refractivity contribution is 5.76. The quantitative estimate of drug-likeness (QED) is 0.821. The summed E-state index contributed by atoms with van der Waals surface area (Å²) in [5.74, 6) is 1.16. The van der Waals surface area contributed by atoms with Gasteiger partial charge < -0.3 is 9.88 Å². The minimum Gasteiger partial charge on any atom is -0.355 e. The van der Waals surface area contributed by atoms with E-state index >= 15 is 0 Å². The lowest BCUT2D eigenvalue weighted by Crippen LogP contribution is -2.32. The van der Waals surface area contributed by atoms with Crippen LogP contribution in [0.3, 0.4) is 0 Å². The fourth-order valence-corrected chi connectivity index (χ4v) is 3.06. The number of imidazole rings is 1. The number of hydrogen-bond donors (Lipinski definition) is 2. The Labute approximate surface area is 136 Å². The first-order valence-electron chi connectivity index (χ1n) is 8.24. The topological polar surface area (TPSA) is 75.6 Å². The first-order chi connectivity index (χ1) is 11.0. The SMILES string of the molecule is Cc1n[nH]c(C)c1CCC(=O)NCC1(Cn2ccnc2C)CC1. The number of amides is 1. The van der Waals surface area contributed by atoms with E-state index < -0.39 is 0 Å². The van der Waals surface area contributed by atoms with Crippen molar-refractivity contribution in [3.63, 3.8) is 0 Å². The summed E-state index contributed by atoms with van der Waals surface area (Å²) in [6, 6.07) is 0. The van der Waals surface area contributed by atoms with Gasteiger partial charge in [-0.2, -0.15) is 5.10 Å². The molecule has 0 aliphatic heterocycles. The second-order valence-corrected chi connectivity index (χ2v) is 6.79. The minimum absolute atomic E-state index is 0.124. The number of nitrogens with one attached hydrogen (secondary N) is 2. The monoisotopic (exact) mass is 315 g/mol. The number of aromatic amines is 1. The highest BCUT2D eigenvalue weighted by Crippen LogP contribution is 2.46. The molecule has 0 radical (unpaired) electrons. The third-order valence-corrected chi connectivity index (χ3v) is 4.93. The summed E-state index contributed by atoms with van der Waals surface area (Å²) in [6.45, 7) is 7.69. The van der Waals surface area contributed by atoms with E-state index in [9.17, 15) is 4.79 Å². The average Bonchev–Trinajstić information content (AvgIpc) is 3.07. The first kappa shape index (κ1) is 15.8. The van der Waals surface area contributed by atoms with E-state index in [0.29, 0.717) is 6.42 Å². The molecule has 6 heteroatoms. The van der Waals surface area contributed by atoms with E-state index in [1.807, 2.05) is 33.2 Å². The molecule has 0 bridgehead atoms. The second-order valence-electron chi connectivity index (χ2n) is 6.79. The average molecular weight is 315 g/mol. The van der Waals surface area contributed by atoms with E-state index in [1.165, 1.54) is 12.8 Å². The molecular weight excluding hydrogens is 290 g/mol. The summed E-state index contributed by atoms with van der Waals surface area (Å²) >= 11 is 0. The van der Waals surface area contributed by atoms with Crippen molar-refractivity contribution in [1.29, 1.82) is 0 Å². The van der Waals surface area contributed by atoms with Crippen molar-refractivity contribution in [1.82, 2.24) is 25.1 Å². The molecule has 3 rings (SSSR count). The van der Waals surface area contributed by atoms with Gasteiger partial charge in [-0.1, -0.05) is 0 Å². The van der Waals surface area contributed by atoms with Crippen molar-refractivity contribution >= 4 is 5.91 Å². The molecular formula is C17H25N5O. The predicted octanol–water partition coefficient (Wildman–Crippen LogP) is 2.06. The lowest BCUT2D eigenvalue weighted by Gasteiger charge is -2.17. The van der Waals surface area contributed by atoms with Crippen LogP contribution in [0.25, 0.3) is 0 Å². The van der Waals surface area contributed by atoms with Crippen LogP contribution in [0.1, 0.15) is 42.0 Å². The molecule has 0 aromatic carbocycles. The predicted molar refractivity (Wildman–Crippen MR) is 88.0 cm³/mol. The minimum atomic E-state index is 0.124. The van der Waals surface area contributed by atoms with Gasteiger partial charge in [0, 0.05) is 43.0 Å². The Hall–Kier alpha value is -2.11. The maximum Gasteiger partial charge on any atom is 0.220 e. The molecule has 23 heavy (non-hydrogen) atoms. The van der Waals surface area contributed by atoms with Crippen LogP contribution in [-0.2, 0) is 17.8 Å². The number of aromatic nitrogens is 4. The third-order valence-electron chi connectivity index (χ3n) is 4.93. The van der Waals surface area contributed by atoms with Crippen LogP contribution in [0.2, 0.25) is 0 Å². The number of nitrogens with zero attached hydrogens (tertiary/aromatic N) is 3. The van der Waals surface area contributed by atoms with Gasteiger partial charge in [0.15, 0.2) is 0 Å². The summed E-state index contributed by atoms with van der Waals surface area (Å²) in [5, 5.41) is 10.3. The molecule has 1 amide bonds. The van der Waals surface area contributed by atoms with Gasteiger partial charge in [0.2, 0.25) is 5.91 Å². The molecule has 6 nitrogen and oxygen atoms in total. The maximum atomic E-state index is 12.1. The zero-order chi connectivity index (χ0) is 16.4. The third kappa shape index (κ3) is 3.63. The van der Waals surface area contributed by atoms with Crippen LogP contribution in [-0.4, -0.2) is 32.2 Å². The lowest BCUT2D eigenvalue weighted by atomic mass is 10.1. The van der Waals surface area contributed by atoms with E-state index in [2.05, 4.69) is 25.1 Å². The Balaban J connectivity index is 1.47. The molecule has 0 atom stereocenters. The van der Waals surface area contributed by atoms with Crippen LogP contribution in [0, 0.1) is 26.2 Å². The molecule has 2 heterocycles. The highest BCUT2D eigenvalue weighted by Gasteiger charge is 2.43. The number of H-pyrrole nitrogens is 1. The number of carbonyl (C=O) groups is 1. The zero-order valence-corrected chi connectivity index (χ0v) is 14.1. The molecule has 1 aliphatic carbocycles. The summed E-state index contributed by atoms with van der Waals surface area (Å²) < 4.78 is 2.18. The van der Waals surface area contributed by atoms with Gasteiger partial charge in [-0.3, -0.25) is 9.89 Å². The Morgan fingerprint density at radius 3 is 2.74 bits per heavy atom. The van der Waals surface area contributed by atoms with Crippen molar-refractivity contribution in [2.24, 2.45) is 5.41 Å². The molecule has 0 spiro atoms. The fourth-order valence-electron chi connectivity index (χ4n) is 3.06. The standard InChI is InChI=1S/C17H25N5O/c1-12-15(13(2)21-20-12)4-5-16(23)19-10-17(6-7-17)11-22-9-8-18-14(22)3/h8-9H,4-7,10-11H2,1-3H3,(H,19,23)(H,20,21). The number of aryl methyl sites for hydroxylation is 3. The van der Waals surface area contributed by atoms with Crippen molar-refractivity contribution in [3.05, 3.63) is 35.2 Å². The van der Waals surface area contributed by atoms with Gasteiger partial charge in [0.1, 0.15) is 5.82 Å². The Morgan fingerprint density at radius 2 is 2.17 bits per heavy atom. The zero-order valence-electron chi connectivity index (χ0n) is 14.1. The molecule has 1 fully saturated rings. The molecule has 0 saturated heterocycles.